The standard InChI is InChI=1S/C16H21N3O4/c1-10(2)23-14-12(15(20)21-3)7-19-8-13(17-16(19)18-14)11-5-4-6-22-9-11/h7-8,10-11H,4-6,9H2,1-3H3. The Morgan fingerprint density at radius 3 is 2.87 bits per heavy atom. The number of fused-ring (bicyclic) bond motifs is 1. The van der Waals surface area contributed by atoms with Gasteiger partial charge in [0, 0.05) is 24.9 Å². The van der Waals surface area contributed by atoms with Crippen molar-refractivity contribution in [2.24, 2.45) is 0 Å². The second kappa shape index (κ2) is 6.54. The van der Waals surface area contributed by atoms with Crippen LogP contribution >= 0.6 is 0 Å². The van der Waals surface area contributed by atoms with E-state index >= 15 is 0 Å². The maximum absolute atomic E-state index is 12.0. The highest BCUT2D eigenvalue weighted by Crippen LogP contribution is 2.26. The summed E-state index contributed by atoms with van der Waals surface area (Å²) in [5.41, 5.74) is 1.22. The number of rotatable bonds is 4. The molecule has 0 bridgehead atoms. The minimum Gasteiger partial charge on any atom is -0.474 e. The molecule has 1 aliphatic rings. The molecule has 0 saturated carbocycles. The summed E-state index contributed by atoms with van der Waals surface area (Å²) in [5.74, 6) is 0.540. The van der Waals surface area contributed by atoms with E-state index in [0.29, 0.717) is 12.4 Å². The van der Waals surface area contributed by atoms with Gasteiger partial charge < -0.3 is 14.2 Å². The van der Waals surface area contributed by atoms with Gasteiger partial charge in [-0.15, -0.1) is 0 Å². The summed E-state index contributed by atoms with van der Waals surface area (Å²) >= 11 is 0. The zero-order valence-electron chi connectivity index (χ0n) is 13.6. The lowest BCUT2D eigenvalue weighted by molar-refractivity contribution is 0.0592. The third-order valence-corrected chi connectivity index (χ3v) is 3.76. The van der Waals surface area contributed by atoms with Crippen LogP contribution in [0.15, 0.2) is 12.4 Å². The average molecular weight is 319 g/mol. The fourth-order valence-corrected chi connectivity index (χ4v) is 2.66. The van der Waals surface area contributed by atoms with Crippen LogP contribution in [0.4, 0.5) is 0 Å². The van der Waals surface area contributed by atoms with Crippen LogP contribution in [0.2, 0.25) is 0 Å². The molecule has 1 atom stereocenters. The molecule has 1 saturated heterocycles. The summed E-state index contributed by atoms with van der Waals surface area (Å²) in [7, 11) is 1.34. The van der Waals surface area contributed by atoms with Crippen LogP contribution in [0.1, 0.15) is 48.7 Å². The molecular formula is C16H21N3O4. The van der Waals surface area contributed by atoms with E-state index in [-0.39, 0.29) is 23.5 Å². The Hall–Kier alpha value is -2.15. The van der Waals surface area contributed by atoms with Gasteiger partial charge >= 0.3 is 5.97 Å². The summed E-state index contributed by atoms with van der Waals surface area (Å²) in [6.45, 7) is 5.23. The van der Waals surface area contributed by atoms with Crippen molar-refractivity contribution in [1.29, 1.82) is 0 Å². The fourth-order valence-electron chi connectivity index (χ4n) is 2.66. The fraction of sp³-hybridized carbons (Fsp3) is 0.562. The molecule has 124 valence electrons. The number of nitrogens with zero attached hydrogens (tertiary/aromatic N) is 3. The average Bonchev–Trinajstić information content (AvgIpc) is 2.96. The lowest BCUT2D eigenvalue weighted by Crippen LogP contribution is -2.15. The van der Waals surface area contributed by atoms with Crippen molar-refractivity contribution in [3.63, 3.8) is 0 Å². The molecule has 0 amide bonds. The highest BCUT2D eigenvalue weighted by molar-refractivity contribution is 5.91. The van der Waals surface area contributed by atoms with Gasteiger partial charge in [0.15, 0.2) is 0 Å². The molecule has 23 heavy (non-hydrogen) atoms. The van der Waals surface area contributed by atoms with Crippen molar-refractivity contribution < 1.29 is 19.0 Å². The molecular weight excluding hydrogens is 298 g/mol. The van der Waals surface area contributed by atoms with Crippen LogP contribution in [-0.4, -0.2) is 46.8 Å². The zero-order chi connectivity index (χ0) is 16.4. The number of imidazole rings is 1. The lowest BCUT2D eigenvalue weighted by Gasteiger charge is -2.19. The molecule has 1 fully saturated rings. The first-order chi connectivity index (χ1) is 11.1. The molecule has 1 unspecified atom stereocenters. The van der Waals surface area contributed by atoms with E-state index in [9.17, 15) is 4.79 Å². The molecule has 3 heterocycles. The molecule has 0 aromatic carbocycles. The molecule has 2 aromatic rings. The molecule has 7 nitrogen and oxygen atoms in total. The smallest absolute Gasteiger partial charge is 0.344 e. The van der Waals surface area contributed by atoms with Crippen LogP contribution < -0.4 is 4.74 Å². The molecule has 0 spiro atoms. The number of methoxy groups -OCH3 is 1. The molecule has 0 aliphatic carbocycles. The van der Waals surface area contributed by atoms with Gasteiger partial charge in [-0.05, 0) is 26.7 Å². The van der Waals surface area contributed by atoms with E-state index in [1.165, 1.54) is 7.11 Å². The van der Waals surface area contributed by atoms with Crippen LogP contribution in [0.25, 0.3) is 5.78 Å². The van der Waals surface area contributed by atoms with E-state index in [4.69, 9.17) is 14.2 Å². The summed E-state index contributed by atoms with van der Waals surface area (Å²) < 4.78 is 17.7. The normalized spacial score (nSPS) is 18.3. The number of ether oxygens (including phenoxy) is 3. The minimum absolute atomic E-state index is 0.102. The second-order valence-electron chi connectivity index (χ2n) is 5.91. The first-order valence-electron chi connectivity index (χ1n) is 7.81. The number of hydrogen-bond donors (Lipinski definition) is 0. The van der Waals surface area contributed by atoms with Crippen molar-refractivity contribution in [1.82, 2.24) is 14.4 Å². The predicted octanol–water partition coefficient (Wildman–Crippen LogP) is 2.20. The summed E-state index contributed by atoms with van der Waals surface area (Å²) in [6, 6.07) is 0. The molecule has 1 aliphatic heterocycles. The van der Waals surface area contributed by atoms with Gasteiger partial charge in [-0.25, -0.2) is 9.78 Å². The summed E-state index contributed by atoms with van der Waals surface area (Å²) in [5, 5.41) is 0. The first kappa shape index (κ1) is 15.7. The van der Waals surface area contributed by atoms with Crippen LogP contribution in [0, 0.1) is 0 Å². The van der Waals surface area contributed by atoms with Gasteiger partial charge in [-0.2, -0.15) is 4.98 Å². The maximum atomic E-state index is 12.0. The van der Waals surface area contributed by atoms with Gasteiger partial charge in [0.2, 0.25) is 11.7 Å². The largest absolute Gasteiger partial charge is 0.474 e. The van der Waals surface area contributed by atoms with Crippen molar-refractivity contribution in [2.45, 2.75) is 38.7 Å². The Bertz CT molecular complexity index is 705. The van der Waals surface area contributed by atoms with Gasteiger partial charge in [0.05, 0.1) is 25.5 Å². The van der Waals surface area contributed by atoms with E-state index in [2.05, 4.69) is 9.97 Å². The van der Waals surface area contributed by atoms with E-state index in [1.54, 1.807) is 10.6 Å². The summed E-state index contributed by atoms with van der Waals surface area (Å²) in [4.78, 5) is 20.9. The number of carbonyl (C=O) groups is 1. The number of carbonyl (C=O) groups excluding carboxylic acids is 1. The SMILES string of the molecule is COC(=O)c1cn2cc(C3CCCOC3)nc2nc1OC(C)C. The number of esters is 1. The summed E-state index contributed by atoms with van der Waals surface area (Å²) in [6.07, 6.45) is 5.53. The van der Waals surface area contributed by atoms with Crippen LogP contribution in [-0.2, 0) is 9.47 Å². The van der Waals surface area contributed by atoms with E-state index in [1.807, 2.05) is 20.0 Å². The highest BCUT2D eigenvalue weighted by Gasteiger charge is 2.22. The van der Waals surface area contributed by atoms with Crippen molar-refractivity contribution >= 4 is 11.7 Å². The van der Waals surface area contributed by atoms with Crippen LogP contribution in [0.3, 0.4) is 0 Å². The maximum Gasteiger partial charge on any atom is 0.344 e. The molecule has 7 heteroatoms. The minimum atomic E-state index is -0.480. The molecule has 0 N–H and O–H groups in total. The molecule has 3 rings (SSSR count). The predicted molar refractivity (Wildman–Crippen MR) is 82.9 cm³/mol. The third-order valence-electron chi connectivity index (χ3n) is 3.76. The first-order valence-corrected chi connectivity index (χ1v) is 7.81. The Labute approximate surface area is 134 Å². The second-order valence-corrected chi connectivity index (χ2v) is 5.91. The monoisotopic (exact) mass is 319 g/mol. The van der Waals surface area contributed by atoms with Gasteiger partial charge in [-0.3, -0.25) is 4.40 Å². The van der Waals surface area contributed by atoms with Crippen LogP contribution in [0.5, 0.6) is 5.88 Å². The quantitative estimate of drug-likeness (QED) is 0.804. The van der Waals surface area contributed by atoms with E-state index in [0.717, 1.165) is 25.1 Å². The molecule has 0 radical (unpaired) electrons. The third kappa shape index (κ3) is 3.29. The molecule has 2 aromatic heterocycles. The van der Waals surface area contributed by atoms with E-state index < -0.39 is 5.97 Å². The van der Waals surface area contributed by atoms with Crippen molar-refractivity contribution in [2.75, 3.05) is 20.3 Å². The van der Waals surface area contributed by atoms with Crippen molar-refractivity contribution in [3.8, 4) is 5.88 Å². The number of aromatic nitrogens is 3. The Balaban J connectivity index is 2.01. The van der Waals surface area contributed by atoms with Gasteiger partial charge in [0.1, 0.15) is 5.56 Å². The van der Waals surface area contributed by atoms with Crippen molar-refractivity contribution in [3.05, 3.63) is 23.7 Å². The highest BCUT2D eigenvalue weighted by atomic mass is 16.5. The number of hydrogen-bond acceptors (Lipinski definition) is 6. The lowest BCUT2D eigenvalue weighted by atomic mass is 9.99. The van der Waals surface area contributed by atoms with Gasteiger partial charge in [-0.1, -0.05) is 0 Å². The Morgan fingerprint density at radius 2 is 2.22 bits per heavy atom. The van der Waals surface area contributed by atoms with Gasteiger partial charge in [0.25, 0.3) is 0 Å². The Kier molecular flexibility index (Phi) is 4.47. The topological polar surface area (TPSA) is 75.0 Å². The Morgan fingerprint density at radius 1 is 1.39 bits per heavy atom. The zero-order valence-corrected chi connectivity index (χ0v) is 13.6.